The van der Waals surface area contributed by atoms with Crippen molar-refractivity contribution in [2.75, 3.05) is 5.32 Å². The first-order valence-corrected chi connectivity index (χ1v) is 6.00. The molecule has 0 aliphatic carbocycles. The highest BCUT2D eigenvalue weighted by atomic mass is 35.5. The van der Waals surface area contributed by atoms with Gasteiger partial charge in [0.2, 0.25) is 5.28 Å². The van der Waals surface area contributed by atoms with Gasteiger partial charge in [-0.25, -0.2) is 18.7 Å². The van der Waals surface area contributed by atoms with Gasteiger partial charge in [-0.1, -0.05) is 0 Å². The molecule has 0 radical (unpaired) electrons. The first-order valence-electron chi connectivity index (χ1n) is 5.62. The van der Waals surface area contributed by atoms with Crippen molar-refractivity contribution >= 4 is 34.0 Å². The van der Waals surface area contributed by atoms with E-state index in [0.717, 1.165) is 12.1 Å². The van der Waals surface area contributed by atoms with E-state index in [2.05, 4.69) is 20.3 Å². The van der Waals surface area contributed by atoms with E-state index in [9.17, 15) is 8.78 Å². The maximum absolute atomic E-state index is 13.2. The number of aromatic nitrogens is 3. The van der Waals surface area contributed by atoms with Crippen LogP contribution >= 0.6 is 11.6 Å². The Balaban J connectivity index is 1.98. The van der Waals surface area contributed by atoms with Gasteiger partial charge in [-0.15, -0.1) is 0 Å². The van der Waals surface area contributed by atoms with Crippen LogP contribution in [0, 0.1) is 11.6 Å². The summed E-state index contributed by atoms with van der Waals surface area (Å²) in [5.74, 6) is -1.36. The lowest BCUT2D eigenvalue weighted by atomic mass is 10.2. The molecule has 0 atom stereocenters. The highest BCUT2D eigenvalue weighted by Crippen LogP contribution is 2.22. The molecule has 2 aromatic heterocycles. The molecule has 2 heterocycles. The number of halogens is 3. The van der Waals surface area contributed by atoms with Crippen molar-refractivity contribution < 1.29 is 8.78 Å². The average molecular weight is 293 g/mol. The molecule has 3 aromatic rings. The number of pyridine rings is 1. The van der Waals surface area contributed by atoms with E-state index in [1.54, 1.807) is 12.1 Å². The zero-order valence-corrected chi connectivity index (χ0v) is 10.7. The molecule has 1 N–H and O–H groups in total. The Morgan fingerprint density at radius 1 is 1.05 bits per heavy atom. The molecule has 0 aliphatic heterocycles. The third-order valence-electron chi connectivity index (χ3n) is 2.62. The van der Waals surface area contributed by atoms with Crippen LogP contribution in [0.4, 0.5) is 20.3 Å². The standard InChI is InChI=1S/C13H7ClF2N4/c14-13-17-2-1-12(20-13)19-8-3-7-4-9(15)10(16)5-11(7)18-6-8/h1-6H,(H,17,19,20). The van der Waals surface area contributed by atoms with Gasteiger partial charge in [0.15, 0.2) is 11.6 Å². The zero-order chi connectivity index (χ0) is 14.1. The Morgan fingerprint density at radius 3 is 2.65 bits per heavy atom. The SMILES string of the molecule is Fc1cc2cc(Nc3ccnc(Cl)n3)cnc2cc1F. The lowest BCUT2D eigenvalue weighted by molar-refractivity contribution is 0.510. The lowest BCUT2D eigenvalue weighted by Crippen LogP contribution is -1.96. The van der Waals surface area contributed by atoms with E-state index >= 15 is 0 Å². The molecule has 0 saturated heterocycles. The van der Waals surface area contributed by atoms with Crippen molar-refractivity contribution in [3.05, 3.63) is 53.6 Å². The Hall–Kier alpha value is -2.34. The van der Waals surface area contributed by atoms with Crippen LogP contribution in [0.2, 0.25) is 5.28 Å². The van der Waals surface area contributed by atoms with Gasteiger partial charge in [-0.05, 0) is 29.8 Å². The van der Waals surface area contributed by atoms with Crippen LogP contribution in [0.1, 0.15) is 0 Å². The predicted molar refractivity (Wildman–Crippen MR) is 72.0 cm³/mol. The Morgan fingerprint density at radius 2 is 1.85 bits per heavy atom. The summed E-state index contributed by atoms with van der Waals surface area (Å²) >= 11 is 5.68. The van der Waals surface area contributed by atoms with E-state index in [-0.39, 0.29) is 5.28 Å². The topological polar surface area (TPSA) is 50.7 Å². The van der Waals surface area contributed by atoms with Crippen LogP contribution in [0.25, 0.3) is 10.9 Å². The second-order valence-electron chi connectivity index (χ2n) is 4.02. The molecule has 0 fully saturated rings. The average Bonchev–Trinajstić information content (AvgIpc) is 2.40. The number of nitrogens with zero attached hydrogens (tertiary/aromatic N) is 3. The number of nitrogens with one attached hydrogen (secondary N) is 1. The maximum Gasteiger partial charge on any atom is 0.224 e. The molecule has 20 heavy (non-hydrogen) atoms. The van der Waals surface area contributed by atoms with Crippen LogP contribution in [0.3, 0.4) is 0 Å². The number of benzene rings is 1. The predicted octanol–water partition coefficient (Wildman–Crippen LogP) is 3.70. The molecule has 3 rings (SSSR count). The quantitative estimate of drug-likeness (QED) is 0.732. The van der Waals surface area contributed by atoms with Crippen LogP contribution in [0.5, 0.6) is 0 Å². The highest BCUT2D eigenvalue weighted by Gasteiger charge is 2.06. The Bertz CT molecular complexity index is 794. The fourth-order valence-electron chi connectivity index (χ4n) is 1.74. The van der Waals surface area contributed by atoms with Crippen LogP contribution in [-0.4, -0.2) is 15.0 Å². The molecule has 0 spiro atoms. The highest BCUT2D eigenvalue weighted by molar-refractivity contribution is 6.28. The number of anilines is 2. The van der Waals surface area contributed by atoms with Crippen molar-refractivity contribution in [1.29, 1.82) is 0 Å². The minimum Gasteiger partial charge on any atom is -0.339 e. The molecule has 0 bridgehead atoms. The molecule has 0 unspecified atom stereocenters. The van der Waals surface area contributed by atoms with Crippen molar-refractivity contribution in [3.8, 4) is 0 Å². The van der Waals surface area contributed by atoms with E-state index in [0.29, 0.717) is 22.4 Å². The maximum atomic E-state index is 13.2. The molecule has 1 aromatic carbocycles. The molecule has 100 valence electrons. The van der Waals surface area contributed by atoms with E-state index in [4.69, 9.17) is 11.6 Å². The van der Waals surface area contributed by atoms with Crippen molar-refractivity contribution in [1.82, 2.24) is 15.0 Å². The molecule has 0 amide bonds. The van der Waals surface area contributed by atoms with Gasteiger partial charge in [-0.2, -0.15) is 0 Å². The third kappa shape index (κ3) is 2.50. The van der Waals surface area contributed by atoms with Gasteiger partial charge in [-0.3, -0.25) is 4.98 Å². The van der Waals surface area contributed by atoms with Crippen molar-refractivity contribution in [2.24, 2.45) is 0 Å². The minimum atomic E-state index is -0.923. The second kappa shape index (κ2) is 4.97. The number of hydrogen-bond donors (Lipinski definition) is 1. The summed E-state index contributed by atoms with van der Waals surface area (Å²) in [6, 6.07) is 5.41. The molecule has 0 saturated carbocycles. The first-order chi connectivity index (χ1) is 9.61. The van der Waals surface area contributed by atoms with E-state index in [1.165, 1.54) is 12.4 Å². The van der Waals surface area contributed by atoms with Gasteiger partial charge in [0.1, 0.15) is 5.82 Å². The van der Waals surface area contributed by atoms with E-state index < -0.39 is 11.6 Å². The summed E-state index contributed by atoms with van der Waals surface area (Å²) in [5, 5.41) is 3.55. The smallest absolute Gasteiger partial charge is 0.224 e. The minimum absolute atomic E-state index is 0.108. The number of hydrogen-bond acceptors (Lipinski definition) is 4. The summed E-state index contributed by atoms with van der Waals surface area (Å²) < 4.78 is 26.3. The summed E-state index contributed by atoms with van der Waals surface area (Å²) in [4.78, 5) is 11.8. The van der Waals surface area contributed by atoms with E-state index in [1.807, 2.05) is 0 Å². The van der Waals surface area contributed by atoms with Gasteiger partial charge in [0.25, 0.3) is 0 Å². The first kappa shape index (κ1) is 12.7. The molecule has 0 aliphatic rings. The van der Waals surface area contributed by atoms with Gasteiger partial charge in [0.05, 0.1) is 17.4 Å². The number of rotatable bonds is 2. The normalized spacial score (nSPS) is 10.8. The third-order valence-corrected chi connectivity index (χ3v) is 2.80. The monoisotopic (exact) mass is 292 g/mol. The van der Waals surface area contributed by atoms with Crippen molar-refractivity contribution in [2.45, 2.75) is 0 Å². The number of fused-ring (bicyclic) bond motifs is 1. The van der Waals surface area contributed by atoms with Crippen molar-refractivity contribution in [3.63, 3.8) is 0 Å². The molecular formula is C13H7ClF2N4. The summed E-state index contributed by atoms with van der Waals surface area (Å²) in [6.07, 6.45) is 3.00. The summed E-state index contributed by atoms with van der Waals surface area (Å²) in [5.41, 5.74) is 0.952. The molecular weight excluding hydrogens is 286 g/mol. The Kier molecular flexibility index (Phi) is 3.15. The van der Waals surface area contributed by atoms with Crippen LogP contribution in [0.15, 0.2) is 36.7 Å². The second-order valence-corrected chi connectivity index (χ2v) is 4.36. The van der Waals surface area contributed by atoms with Crippen LogP contribution in [-0.2, 0) is 0 Å². The van der Waals surface area contributed by atoms with Gasteiger partial charge >= 0.3 is 0 Å². The zero-order valence-electron chi connectivity index (χ0n) is 9.94. The molecule has 7 heteroatoms. The van der Waals surface area contributed by atoms with Gasteiger partial charge < -0.3 is 5.32 Å². The summed E-state index contributed by atoms with van der Waals surface area (Å²) in [7, 11) is 0. The Labute approximate surface area is 117 Å². The van der Waals surface area contributed by atoms with Gasteiger partial charge in [0, 0.05) is 17.6 Å². The largest absolute Gasteiger partial charge is 0.339 e. The molecule has 4 nitrogen and oxygen atoms in total. The fourth-order valence-corrected chi connectivity index (χ4v) is 1.89. The lowest BCUT2D eigenvalue weighted by Gasteiger charge is -2.06. The fraction of sp³-hybridized carbons (Fsp3) is 0. The van der Waals surface area contributed by atoms with Crippen LogP contribution < -0.4 is 5.32 Å². The summed E-state index contributed by atoms with van der Waals surface area (Å²) in [6.45, 7) is 0.